The number of para-hydroxylation sites is 1. The van der Waals surface area contributed by atoms with Gasteiger partial charge in [0.25, 0.3) is 11.5 Å². The summed E-state index contributed by atoms with van der Waals surface area (Å²) in [6.45, 7) is 7.58. The zero-order chi connectivity index (χ0) is 33.1. The van der Waals surface area contributed by atoms with Crippen molar-refractivity contribution in [2.45, 2.75) is 26.4 Å². The van der Waals surface area contributed by atoms with Crippen molar-refractivity contribution < 1.29 is 23.5 Å². The highest BCUT2D eigenvalue weighted by atomic mass is 19.1. The molecule has 240 valence electrons. The van der Waals surface area contributed by atoms with Gasteiger partial charge in [-0.25, -0.2) is 14.2 Å². The molecule has 6 rings (SSSR count). The minimum Gasteiger partial charge on any atom is -0.454 e. The van der Waals surface area contributed by atoms with Crippen molar-refractivity contribution in [1.29, 1.82) is 0 Å². The number of nitrogens with zero attached hydrogens (tertiary/aromatic N) is 5. The Morgan fingerprint density at radius 1 is 0.894 bits per heavy atom. The van der Waals surface area contributed by atoms with Crippen molar-refractivity contribution in [2.75, 3.05) is 36.4 Å². The van der Waals surface area contributed by atoms with E-state index in [4.69, 9.17) is 9.47 Å². The first kappa shape index (κ1) is 31.2. The maximum atomic E-state index is 15.3. The van der Waals surface area contributed by atoms with Crippen molar-refractivity contribution >= 4 is 34.4 Å². The number of carbonyl (C=O) groups excluding carboxylic acids is 2. The summed E-state index contributed by atoms with van der Waals surface area (Å²) in [5, 5.41) is 3.23. The van der Waals surface area contributed by atoms with Crippen LogP contribution in [-0.2, 0) is 4.74 Å². The molecule has 0 radical (unpaired) electrons. The number of hydrogen-bond donors (Lipinski definition) is 1. The van der Waals surface area contributed by atoms with E-state index in [0.29, 0.717) is 54.3 Å². The predicted octanol–water partition coefficient (Wildman–Crippen LogP) is 6.02. The Labute approximate surface area is 270 Å². The summed E-state index contributed by atoms with van der Waals surface area (Å²) in [7, 11) is 0. The molecule has 47 heavy (non-hydrogen) atoms. The minimum absolute atomic E-state index is 0.0639. The Balaban J connectivity index is 1.16. The molecule has 0 atom stereocenters. The van der Waals surface area contributed by atoms with Gasteiger partial charge in [0.05, 0.1) is 11.7 Å². The van der Waals surface area contributed by atoms with Gasteiger partial charge in [-0.15, -0.1) is 0 Å². The number of piperazine rings is 1. The largest absolute Gasteiger partial charge is 0.454 e. The van der Waals surface area contributed by atoms with Crippen LogP contribution in [-0.4, -0.2) is 63.2 Å². The van der Waals surface area contributed by atoms with E-state index in [1.54, 1.807) is 59.9 Å². The Morgan fingerprint density at radius 3 is 2.38 bits per heavy atom. The lowest BCUT2D eigenvalue weighted by Gasteiger charge is -2.36. The highest BCUT2D eigenvalue weighted by molar-refractivity contribution is 6.04. The molecule has 0 unspecified atom stereocenters. The number of aromatic nitrogens is 3. The van der Waals surface area contributed by atoms with Gasteiger partial charge >= 0.3 is 6.09 Å². The smallest absolute Gasteiger partial charge is 0.410 e. The summed E-state index contributed by atoms with van der Waals surface area (Å²) in [5.41, 5.74) is 0.183. The number of rotatable bonds is 6. The Morgan fingerprint density at radius 2 is 1.66 bits per heavy atom. The second-order valence-electron chi connectivity index (χ2n) is 12.0. The van der Waals surface area contributed by atoms with Crippen LogP contribution in [0.4, 0.5) is 20.7 Å². The van der Waals surface area contributed by atoms with Crippen LogP contribution in [0.15, 0.2) is 96.2 Å². The van der Waals surface area contributed by atoms with Crippen LogP contribution < -0.4 is 20.5 Å². The fraction of sp³-hybridized carbons (Fsp3) is 0.229. The number of carbonyl (C=O) groups is 2. The maximum absolute atomic E-state index is 15.3. The number of pyridine rings is 3. The third-order valence-electron chi connectivity index (χ3n) is 7.46. The summed E-state index contributed by atoms with van der Waals surface area (Å²) in [6.07, 6.45) is 4.41. The molecule has 11 nitrogen and oxygen atoms in total. The summed E-state index contributed by atoms with van der Waals surface area (Å²) in [6, 6.07) is 19.5. The molecule has 0 spiro atoms. The third kappa shape index (κ3) is 7.06. The molecular formula is C35H33FN6O5. The Hall–Kier alpha value is -5.78. The first-order valence-electron chi connectivity index (χ1n) is 15.1. The quantitative estimate of drug-likeness (QED) is 0.240. The molecule has 3 aromatic heterocycles. The normalized spacial score (nSPS) is 13.4. The van der Waals surface area contributed by atoms with Crippen LogP contribution >= 0.6 is 0 Å². The molecule has 12 heteroatoms. The summed E-state index contributed by atoms with van der Waals surface area (Å²) in [5.74, 6) is -0.404. The minimum atomic E-state index is -0.713. The molecular weight excluding hydrogens is 603 g/mol. The highest BCUT2D eigenvalue weighted by Gasteiger charge is 2.26. The lowest BCUT2D eigenvalue weighted by Crippen LogP contribution is -2.50. The van der Waals surface area contributed by atoms with Gasteiger partial charge < -0.3 is 24.6 Å². The number of benzene rings is 2. The molecule has 0 bridgehead atoms. The standard InChI is InChI=1S/C35H33FN6O5/c1-35(2,3)47-34(45)41-18-16-40(17-19-41)31-21-26-28(22-38-31)37-14-13-29(26)46-30-12-11-23(20-27(30)36)39-32(43)25-10-7-15-42(33(25)44)24-8-5-4-6-9-24/h4-15,20-22H,16-19H2,1-3H3,(H,39,43). The van der Waals surface area contributed by atoms with Crippen LogP contribution in [0.5, 0.6) is 11.5 Å². The van der Waals surface area contributed by atoms with E-state index < -0.39 is 22.9 Å². The maximum Gasteiger partial charge on any atom is 0.410 e. The molecule has 0 aliphatic carbocycles. The van der Waals surface area contributed by atoms with E-state index >= 15 is 4.39 Å². The van der Waals surface area contributed by atoms with Gasteiger partial charge in [-0.3, -0.25) is 19.1 Å². The van der Waals surface area contributed by atoms with E-state index in [9.17, 15) is 14.4 Å². The molecule has 1 aliphatic heterocycles. The molecule has 2 amide bonds. The Kier molecular flexibility index (Phi) is 8.57. The fourth-order valence-electron chi connectivity index (χ4n) is 5.16. The van der Waals surface area contributed by atoms with E-state index in [-0.39, 0.29) is 23.1 Å². The van der Waals surface area contributed by atoms with E-state index in [0.717, 1.165) is 6.07 Å². The van der Waals surface area contributed by atoms with Gasteiger partial charge in [-0.1, -0.05) is 18.2 Å². The monoisotopic (exact) mass is 636 g/mol. The number of anilines is 2. The lowest BCUT2D eigenvalue weighted by molar-refractivity contribution is 0.0240. The fourth-order valence-corrected chi connectivity index (χ4v) is 5.16. The molecule has 2 aromatic carbocycles. The molecule has 1 N–H and O–H groups in total. The molecule has 1 fully saturated rings. The molecule has 5 aromatic rings. The lowest BCUT2D eigenvalue weighted by atomic mass is 10.2. The van der Waals surface area contributed by atoms with Crippen LogP contribution in [0, 0.1) is 5.82 Å². The van der Waals surface area contributed by atoms with E-state index in [1.807, 2.05) is 32.9 Å². The number of ether oxygens (including phenoxy) is 2. The molecule has 0 saturated carbocycles. The third-order valence-corrected chi connectivity index (χ3v) is 7.46. The van der Waals surface area contributed by atoms with Crippen LogP contribution in [0.25, 0.3) is 16.6 Å². The van der Waals surface area contributed by atoms with Gasteiger partial charge in [0, 0.05) is 61.4 Å². The summed E-state index contributed by atoms with van der Waals surface area (Å²) in [4.78, 5) is 51.1. The van der Waals surface area contributed by atoms with Crippen molar-refractivity contribution in [3.63, 3.8) is 0 Å². The Bertz CT molecular complexity index is 2000. The topological polar surface area (TPSA) is 119 Å². The second kappa shape index (κ2) is 12.9. The van der Waals surface area contributed by atoms with Gasteiger partial charge in [-0.05, 0) is 69.3 Å². The zero-order valence-electron chi connectivity index (χ0n) is 26.1. The number of fused-ring (bicyclic) bond motifs is 1. The van der Waals surface area contributed by atoms with Crippen LogP contribution in [0.2, 0.25) is 0 Å². The summed E-state index contributed by atoms with van der Waals surface area (Å²) < 4.78 is 28.2. The average molecular weight is 637 g/mol. The van der Waals surface area contributed by atoms with Crippen LogP contribution in [0.3, 0.4) is 0 Å². The number of halogens is 1. The van der Waals surface area contributed by atoms with Gasteiger partial charge in [0.1, 0.15) is 22.7 Å². The first-order chi connectivity index (χ1) is 22.6. The number of hydrogen-bond acceptors (Lipinski definition) is 8. The predicted molar refractivity (Wildman–Crippen MR) is 176 cm³/mol. The molecule has 4 heterocycles. The number of amides is 2. The number of nitrogens with one attached hydrogen (secondary N) is 1. The average Bonchev–Trinajstić information content (AvgIpc) is 3.05. The van der Waals surface area contributed by atoms with Crippen molar-refractivity contribution in [3.05, 3.63) is 113 Å². The zero-order valence-corrected chi connectivity index (χ0v) is 26.1. The van der Waals surface area contributed by atoms with E-state index in [1.165, 1.54) is 22.8 Å². The van der Waals surface area contributed by atoms with Gasteiger partial charge in [0.2, 0.25) is 0 Å². The van der Waals surface area contributed by atoms with Crippen molar-refractivity contribution in [2.24, 2.45) is 0 Å². The van der Waals surface area contributed by atoms with Crippen LogP contribution in [0.1, 0.15) is 31.1 Å². The van der Waals surface area contributed by atoms with Gasteiger partial charge in [0.15, 0.2) is 11.6 Å². The van der Waals surface area contributed by atoms with Crippen molar-refractivity contribution in [1.82, 2.24) is 19.4 Å². The van der Waals surface area contributed by atoms with Crippen molar-refractivity contribution in [3.8, 4) is 17.2 Å². The highest BCUT2D eigenvalue weighted by Crippen LogP contribution is 2.33. The first-order valence-corrected chi connectivity index (χ1v) is 15.1. The SMILES string of the molecule is CC(C)(C)OC(=O)N1CCN(c2cc3c(Oc4ccc(NC(=O)c5cccn(-c6ccccc6)c5=O)cc4F)ccnc3cn2)CC1. The second-order valence-corrected chi connectivity index (χ2v) is 12.0. The molecule has 1 saturated heterocycles. The van der Waals surface area contributed by atoms with E-state index in [2.05, 4.69) is 20.2 Å². The van der Waals surface area contributed by atoms with Gasteiger partial charge in [-0.2, -0.15) is 0 Å². The summed E-state index contributed by atoms with van der Waals surface area (Å²) >= 11 is 0. The molecule has 1 aliphatic rings.